The molecule has 2 aliphatic heterocycles. The topological polar surface area (TPSA) is 21.3 Å². The summed E-state index contributed by atoms with van der Waals surface area (Å²) in [5, 5.41) is 3.19. The highest BCUT2D eigenvalue weighted by molar-refractivity contribution is 5.47. The molecular formula is C12H12F3NO. The molecule has 0 bridgehead atoms. The molecule has 0 radical (unpaired) electrons. The summed E-state index contributed by atoms with van der Waals surface area (Å²) < 4.78 is 43.5. The van der Waals surface area contributed by atoms with Gasteiger partial charge in [0.1, 0.15) is 5.75 Å². The van der Waals surface area contributed by atoms with Gasteiger partial charge in [-0.05, 0) is 31.2 Å². The fourth-order valence-corrected chi connectivity index (χ4v) is 2.64. The Bertz CT molecular complexity index is 450. The number of hydrogen-bond donors (Lipinski definition) is 1. The van der Waals surface area contributed by atoms with Crippen molar-refractivity contribution in [3.05, 3.63) is 29.3 Å². The molecule has 0 saturated carbocycles. The first kappa shape index (κ1) is 10.9. The fraction of sp³-hybridized carbons (Fsp3) is 0.500. The van der Waals surface area contributed by atoms with Gasteiger partial charge in [-0.2, -0.15) is 13.2 Å². The number of rotatable bonds is 0. The summed E-state index contributed by atoms with van der Waals surface area (Å²) in [6.45, 7) is 2.01. The molecule has 3 rings (SSSR count). The molecule has 2 nitrogen and oxygen atoms in total. The van der Waals surface area contributed by atoms with Crippen molar-refractivity contribution in [3.8, 4) is 5.75 Å². The van der Waals surface area contributed by atoms with Crippen molar-refractivity contribution in [1.82, 2.24) is 5.32 Å². The third-order valence-electron chi connectivity index (χ3n) is 3.63. The second-order valence-electron chi connectivity index (χ2n) is 4.70. The zero-order valence-corrected chi connectivity index (χ0v) is 9.10. The highest BCUT2D eigenvalue weighted by Gasteiger charge is 2.44. The number of fused-ring (bicyclic) bond motifs is 2. The summed E-state index contributed by atoms with van der Waals surface area (Å²) in [7, 11) is 0. The lowest BCUT2D eigenvalue weighted by atomic mass is 9.81. The lowest BCUT2D eigenvalue weighted by Crippen LogP contribution is -2.30. The molecule has 5 heteroatoms. The lowest BCUT2D eigenvalue weighted by molar-refractivity contribution is -0.137. The van der Waals surface area contributed by atoms with Crippen LogP contribution in [0, 0.1) is 0 Å². The smallest absolute Gasteiger partial charge is 0.416 e. The Morgan fingerprint density at radius 1 is 1.29 bits per heavy atom. The Morgan fingerprint density at radius 3 is 2.76 bits per heavy atom. The van der Waals surface area contributed by atoms with Gasteiger partial charge in [0.15, 0.2) is 0 Å². The largest absolute Gasteiger partial charge is 0.492 e. The molecule has 1 spiro atoms. The molecule has 1 atom stereocenters. The maximum absolute atomic E-state index is 12.7. The zero-order chi connectivity index (χ0) is 12.1. The van der Waals surface area contributed by atoms with Crippen LogP contribution in [0.5, 0.6) is 5.75 Å². The van der Waals surface area contributed by atoms with E-state index in [4.69, 9.17) is 4.74 Å². The summed E-state index contributed by atoms with van der Waals surface area (Å²) in [6, 6.07) is 3.76. The number of hydrogen-bond acceptors (Lipinski definition) is 2. The normalized spacial score (nSPS) is 27.2. The first-order valence-electron chi connectivity index (χ1n) is 5.57. The number of alkyl halides is 3. The van der Waals surface area contributed by atoms with Crippen molar-refractivity contribution in [1.29, 1.82) is 0 Å². The van der Waals surface area contributed by atoms with E-state index >= 15 is 0 Å². The Labute approximate surface area is 96.8 Å². The van der Waals surface area contributed by atoms with Gasteiger partial charge in [-0.25, -0.2) is 0 Å². The zero-order valence-electron chi connectivity index (χ0n) is 9.10. The minimum absolute atomic E-state index is 0.253. The van der Waals surface area contributed by atoms with Gasteiger partial charge in [-0.15, -0.1) is 0 Å². The van der Waals surface area contributed by atoms with Crippen molar-refractivity contribution in [2.45, 2.75) is 18.0 Å². The number of nitrogens with one attached hydrogen (secondary N) is 1. The van der Waals surface area contributed by atoms with Crippen molar-refractivity contribution >= 4 is 0 Å². The molecule has 1 aromatic rings. The standard InChI is InChI=1S/C12H12F3NO/c13-12(14,15)8-1-2-10-9(5-8)11(7-17-10)3-4-16-6-11/h1-2,5,16H,3-4,6-7H2. The third-order valence-corrected chi connectivity index (χ3v) is 3.63. The first-order valence-corrected chi connectivity index (χ1v) is 5.57. The van der Waals surface area contributed by atoms with Gasteiger partial charge in [0.25, 0.3) is 0 Å². The third kappa shape index (κ3) is 1.60. The fourth-order valence-electron chi connectivity index (χ4n) is 2.64. The van der Waals surface area contributed by atoms with E-state index in [1.807, 2.05) is 0 Å². The van der Waals surface area contributed by atoms with Crippen LogP contribution in [-0.2, 0) is 11.6 Å². The lowest BCUT2D eigenvalue weighted by Gasteiger charge is -2.20. The maximum atomic E-state index is 12.7. The monoisotopic (exact) mass is 243 g/mol. The molecular weight excluding hydrogens is 231 g/mol. The second-order valence-corrected chi connectivity index (χ2v) is 4.70. The van der Waals surface area contributed by atoms with Crippen molar-refractivity contribution in [2.24, 2.45) is 0 Å². The quantitative estimate of drug-likeness (QED) is 0.755. The number of ether oxygens (including phenoxy) is 1. The molecule has 1 saturated heterocycles. The van der Waals surface area contributed by atoms with Gasteiger partial charge in [0.2, 0.25) is 0 Å². The van der Waals surface area contributed by atoms with E-state index < -0.39 is 11.7 Å². The van der Waals surface area contributed by atoms with Crippen molar-refractivity contribution in [2.75, 3.05) is 19.7 Å². The molecule has 1 N–H and O–H groups in total. The van der Waals surface area contributed by atoms with Crippen molar-refractivity contribution in [3.63, 3.8) is 0 Å². The summed E-state index contributed by atoms with van der Waals surface area (Å²) in [4.78, 5) is 0. The van der Waals surface area contributed by atoms with Gasteiger partial charge in [0, 0.05) is 17.5 Å². The van der Waals surface area contributed by atoms with E-state index in [1.54, 1.807) is 0 Å². The Hall–Kier alpha value is -1.23. The Morgan fingerprint density at radius 2 is 2.12 bits per heavy atom. The van der Waals surface area contributed by atoms with E-state index in [0.29, 0.717) is 24.5 Å². The molecule has 1 unspecified atom stereocenters. The van der Waals surface area contributed by atoms with Crippen LogP contribution >= 0.6 is 0 Å². The molecule has 0 aliphatic carbocycles. The van der Waals surface area contributed by atoms with Crippen LogP contribution in [-0.4, -0.2) is 19.7 Å². The van der Waals surface area contributed by atoms with Crippen LogP contribution in [0.1, 0.15) is 17.5 Å². The number of halogens is 3. The molecule has 0 aromatic heterocycles. The first-order chi connectivity index (χ1) is 8.01. The molecule has 0 amide bonds. The van der Waals surface area contributed by atoms with Crippen LogP contribution in [0.15, 0.2) is 18.2 Å². The Kier molecular flexibility index (Phi) is 2.17. The van der Waals surface area contributed by atoms with Crippen LogP contribution in [0.3, 0.4) is 0 Å². The predicted molar refractivity (Wildman–Crippen MR) is 56.1 cm³/mol. The minimum atomic E-state index is -4.29. The highest BCUT2D eigenvalue weighted by Crippen LogP contribution is 2.44. The summed E-state index contributed by atoms with van der Waals surface area (Å²) >= 11 is 0. The number of benzene rings is 1. The van der Waals surface area contributed by atoms with Gasteiger partial charge in [-0.3, -0.25) is 0 Å². The molecule has 92 valence electrons. The van der Waals surface area contributed by atoms with Crippen LogP contribution in [0.2, 0.25) is 0 Å². The average molecular weight is 243 g/mol. The van der Waals surface area contributed by atoms with Crippen molar-refractivity contribution < 1.29 is 17.9 Å². The minimum Gasteiger partial charge on any atom is -0.492 e. The van der Waals surface area contributed by atoms with E-state index in [1.165, 1.54) is 12.1 Å². The van der Waals surface area contributed by atoms with Gasteiger partial charge in [0.05, 0.1) is 12.2 Å². The average Bonchev–Trinajstić information content (AvgIpc) is 2.87. The summed E-state index contributed by atoms with van der Waals surface area (Å²) in [5.74, 6) is 0.599. The predicted octanol–water partition coefficient (Wildman–Crippen LogP) is 2.33. The van der Waals surface area contributed by atoms with Crippen LogP contribution in [0.4, 0.5) is 13.2 Å². The van der Waals surface area contributed by atoms with E-state index in [2.05, 4.69) is 5.32 Å². The summed E-state index contributed by atoms with van der Waals surface area (Å²) in [5.41, 5.74) is -0.137. The maximum Gasteiger partial charge on any atom is 0.416 e. The van der Waals surface area contributed by atoms with E-state index in [9.17, 15) is 13.2 Å². The van der Waals surface area contributed by atoms with E-state index in [-0.39, 0.29) is 5.41 Å². The molecule has 2 aliphatic rings. The Balaban J connectivity index is 2.07. The second kappa shape index (κ2) is 3.38. The molecule has 17 heavy (non-hydrogen) atoms. The van der Waals surface area contributed by atoms with E-state index in [0.717, 1.165) is 19.0 Å². The van der Waals surface area contributed by atoms with Gasteiger partial charge < -0.3 is 10.1 Å². The molecule has 2 heterocycles. The SMILES string of the molecule is FC(F)(F)c1ccc2c(c1)C1(CCNC1)CO2. The van der Waals surface area contributed by atoms with Gasteiger partial charge >= 0.3 is 6.18 Å². The summed E-state index contributed by atoms with van der Waals surface area (Å²) in [6.07, 6.45) is -3.45. The highest BCUT2D eigenvalue weighted by atomic mass is 19.4. The van der Waals surface area contributed by atoms with Crippen LogP contribution < -0.4 is 10.1 Å². The van der Waals surface area contributed by atoms with Gasteiger partial charge in [-0.1, -0.05) is 0 Å². The van der Waals surface area contributed by atoms with Crippen LogP contribution in [0.25, 0.3) is 0 Å². The molecule has 1 aromatic carbocycles. The molecule has 1 fully saturated rings.